The number of nitrogens with one attached hydrogen (secondary N) is 1. The van der Waals surface area contributed by atoms with Gasteiger partial charge in [-0.2, -0.15) is 10.4 Å². The summed E-state index contributed by atoms with van der Waals surface area (Å²) in [6.07, 6.45) is 4.11. The van der Waals surface area contributed by atoms with Gasteiger partial charge in [-0.25, -0.2) is 4.98 Å². The molecule has 0 saturated carbocycles. The van der Waals surface area contributed by atoms with Gasteiger partial charge in [0.05, 0.1) is 24.6 Å². The van der Waals surface area contributed by atoms with Crippen molar-refractivity contribution in [2.75, 3.05) is 12.0 Å². The van der Waals surface area contributed by atoms with E-state index in [-0.39, 0.29) is 0 Å². The van der Waals surface area contributed by atoms with E-state index < -0.39 is 0 Å². The number of hydrogen-bond donors (Lipinski definition) is 1. The van der Waals surface area contributed by atoms with E-state index in [0.29, 0.717) is 13.0 Å². The van der Waals surface area contributed by atoms with Crippen molar-refractivity contribution in [3.05, 3.63) is 40.9 Å². The van der Waals surface area contributed by atoms with Crippen molar-refractivity contribution in [3.8, 4) is 11.8 Å². The van der Waals surface area contributed by atoms with Gasteiger partial charge in [0.2, 0.25) is 5.13 Å². The molecule has 1 aromatic carbocycles. The molecular formula is C16H18N4OS. The van der Waals surface area contributed by atoms with Gasteiger partial charge in [-0.05, 0) is 49.6 Å². The van der Waals surface area contributed by atoms with E-state index in [0.717, 1.165) is 35.0 Å². The summed E-state index contributed by atoms with van der Waals surface area (Å²) in [5, 5.41) is 15.4. The molecule has 6 heteroatoms. The number of ether oxygens (including phenoxy) is 1. The topological polar surface area (TPSA) is 70.3 Å². The van der Waals surface area contributed by atoms with Crippen molar-refractivity contribution in [3.63, 3.8) is 0 Å². The third-order valence-corrected chi connectivity index (χ3v) is 3.69. The highest BCUT2D eigenvalue weighted by molar-refractivity contribution is 7.13. The van der Waals surface area contributed by atoms with Gasteiger partial charge in [0, 0.05) is 11.8 Å². The molecule has 5 nitrogen and oxygen atoms in total. The quantitative estimate of drug-likeness (QED) is 0.454. The fourth-order valence-corrected chi connectivity index (χ4v) is 2.35. The van der Waals surface area contributed by atoms with Gasteiger partial charge in [-0.3, -0.25) is 5.43 Å². The number of benzene rings is 1. The first kappa shape index (κ1) is 16.0. The molecule has 22 heavy (non-hydrogen) atoms. The molecule has 2 rings (SSSR count). The first-order chi connectivity index (χ1) is 10.8. The molecule has 1 aromatic heterocycles. The maximum absolute atomic E-state index is 8.45. The van der Waals surface area contributed by atoms with Gasteiger partial charge < -0.3 is 4.74 Å². The zero-order valence-electron chi connectivity index (χ0n) is 12.5. The fraction of sp³-hybridized carbons (Fsp3) is 0.312. The number of hydrazone groups is 1. The van der Waals surface area contributed by atoms with Crippen molar-refractivity contribution in [1.82, 2.24) is 4.98 Å². The Hall–Kier alpha value is -2.39. The summed E-state index contributed by atoms with van der Waals surface area (Å²) in [4.78, 5) is 4.26. The number of nitriles is 1. The minimum absolute atomic E-state index is 0.588. The van der Waals surface area contributed by atoms with Crippen LogP contribution in [0.15, 0.2) is 34.7 Å². The van der Waals surface area contributed by atoms with Crippen molar-refractivity contribution < 1.29 is 4.74 Å². The predicted octanol–water partition coefficient (Wildman–Crippen LogP) is 3.97. The minimum Gasteiger partial charge on any atom is -0.494 e. The third kappa shape index (κ3) is 5.54. The lowest BCUT2D eigenvalue weighted by atomic mass is 10.2. The summed E-state index contributed by atoms with van der Waals surface area (Å²) in [5.74, 6) is 0.831. The number of unbranched alkanes of at least 4 members (excludes halogenated alkanes) is 2. The van der Waals surface area contributed by atoms with E-state index in [1.807, 2.05) is 36.6 Å². The van der Waals surface area contributed by atoms with Crippen molar-refractivity contribution >= 4 is 22.7 Å². The molecule has 0 radical (unpaired) electrons. The molecule has 0 saturated heterocycles. The van der Waals surface area contributed by atoms with Gasteiger partial charge in [0.15, 0.2) is 0 Å². The van der Waals surface area contributed by atoms with Crippen LogP contribution in [0.2, 0.25) is 0 Å². The Balaban J connectivity index is 1.75. The summed E-state index contributed by atoms with van der Waals surface area (Å²) < 4.78 is 5.61. The molecule has 0 amide bonds. The zero-order chi connectivity index (χ0) is 15.6. The van der Waals surface area contributed by atoms with Gasteiger partial charge in [-0.1, -0.05) is 0 Å². The zero-order valence-corrected chi connectivity index (χ0v) is 13.3. The van der Waals surface area contributed by atoms with E-state index in [2.05, 4.69) is 21.6 Å². The van der Waals surface area contributed by atoms with Gasteiger partial charge >= 0.3 is 0 Å². The second kappa shape index (κ2) is 8.80. The van der Waals surface area contributed by atoms with Crippen LogP contribution in [-0.4, -0.2) is 17.8 Å². The smallest absolute Gasteiger partial charge is 0.203 e. The highest BCUT2D eigenvalue weighted by Gasteiger charge is 1.96. The fourth-order valence-electron chi connectivity index (χ4n) is 1.71. The Kier molecular flexibility index (Phi) is 6.39. The summed E-state index contributed by atoms with van der Waals surface area (Å²) >= 11 is 1.53. The first-order valence-electron chi connectivity index (χ1n) is 7.09. The van der Waals surface area contributed by atoms with Crippen LogP contribution in [0.25, 0.3) is 0 Å². The van der Waals surface area contributed by atoms with E-state index in [1.54, 1.807) is 6.21 Å². The Morgan fingerprint density at radius 2 is 2.18 bits per heavy atom. The van der Waals surface area contributed by atoms with E-state index in [1.165, 1.54) is 11.3 Å². The molecule has 1 N–H and O–H groups in total. The molecule has 0 aliphatic heterocycles. The highest BCUT2D eigenvalue weighted by atomic mass is 32.1. The van der Waals surface area contributed by atoms with Gasteiger partial charge in [0.25, 0.3) is 0 Å². The lowest BCUT2D eigenvalue weighted by molar-refractivity contribution is 0.307. The molecule has 0 fully saturated rings. The SMILES string of the molecule is Cc1csc(NN=Cc2ccc(OCCCCC#N)cc2)n1. The summed E-state index contributed by atoms with van der Waals surface area (Å²) in [5.41, 5.74) is 4.87. The van der Waals surface area contributed by atoms with Gasteiger partial charge in [0.1, 0.15) is 5.75 Å². The van der Waals surface area contributed by atoms with E-state index >= 15 is 0 Å². The standard InChI is InChI=1S/C16H18N4OS/c1-13-12-22-16(19-13)20-18-11-14-5-7-15(8-6-14)21-10-4-2-3-9-17/h5-8,11-12H,2-4,10H2,1H3,(H,19,20). The van der Waals surface area contributed by atoms with Crippen molar-refractivity contribution in [1.29, 1.82) is 5.26 Å². The Morgan fingerprint density at radius 1 is 1.36 bits per heavy atom. The second-order valence-electron chi connectivity index (χ2n) is 4.70. The Labute approximate surface area is 134 Å². The third-order valence-electron chi connectivity index (χ3n) is 2.82. The number of hydrogen-bond acceptors (Lipinski definition) is 6. The molecule has 2 aromatic rings. The molecule has 0 spiro atoms. The van der Waals surface area contributed by atoms with Crippen LogP contribution in [-0.2, 0) is 0 Å². The van der Waals surface area contributed by atoms with Crippen LogP contribution < -0.4 is 10.2 Å². The maximum Gasteiger partial charge on any atom is 0.203 e. The van der Waals surface area contributed by atoms with Crippen molar-refractivity contribution in [2.45, 2.75) is 26.2 Å². The van der Waals surface area contributed by atoms with Crippen LogP contribution in [0.4, 0.5) is 5.13 Å². The first-order valence-corrected chi connectivity index (χ1v) is 7.97. The molecule has 1 heterocycles. The van der Waals surface area contributed by atoms with Crippen molar-refractivity contribution in [2.24, 2.45) is 5.10 Å². The molecule has 0 atom stereocenters. The number of thiazole rings is 1. The maximum atomic E-state index is 8.45. The molecule has 0 bridgehead atoms. The average Bonchev–Trinajstić information content (AvgIpc) is 2.94. The highest BCUT2D eigenvalue weighted by Crippen LogP contribution is 2.14. The monoisotopic (exact) mass is 314 g/mol. The van der Waals surface area contributed by atoms with Crippen LogP contribution in [0.3, 0.4) is 0 Å². The van der Waals surface area contributed by atoms with Crippen LogP contribution in [0.5, 0.6) is 5.75 Å². The Bertz CT molecular complexity index is 643. The number of rotatable bonds is 8. The number of anilines is 1. The number of aromatic nitrogens is 1. The molecule has 114 valence electrons. The second-order valence-corrected chi connectivity index (χ2v) is 5.55. The van der Waals surface area contributed by atoms with Crippen LogP contribution in [0, 0.1) is 18.3 Å². The Morgan fingerprint density at radius 3 is 2.86 bits per heavy atom. The summed E-state index contributed by atoms with van der Waals surface area (Å²) in [7, 11) is 0. The van der Waals surface area contributed by atoms with Crippen LogP contribution in [0.1, 0.15) is 30.5 Å². The molecule has 0 aliphatic rings. The average molecular weight is 314 g/mol. The number of aryl methyl sites for hydroxylation is 1. The largest absolute Gasteiger partial charge is 0.494 e. The van der Waals surface area contributed by atoms with E-state index in [4.69, 9.17) is 10.00 Å². The van der Waals surface area contributed by atoms with E-state index in [9.17, 15) is 0 Å². The predicted molar refractivity (Wildman–Crippen MR) is 89.5 cm³/mol. The minimum atomic E-state index is 0.588. The lowest BCUT2D eigenvalue weighted by Crippen LogP contribution is -1.97. The lowest BCUT2D eigenvalue weighted by Gasteiger charge is -2.05. The van der Waals surface area contributed by atoms with Crippen LogP contribution >= 0.6 is 11.3 Å². The van der Waals surface area contributed by atoms with Gasteiger partial charge in [-0.15, -0.1) is 11.3 Å². The summed E-state index contributed by atoms with van der Waals surface area (Å²) in [6, 6.07) is 9.85. The molecule has 0 unspecified atom stereocenters. The summed E-state index contributed by atoms with van der Waals surface area (Å²) in [6.45, 7) is 2.59. The molecular weight excluding hydrogens is 296 g/mol. The normalized spacial score (nSPS) is 10.5. The molecule has 0 aliphatic carbocycles. The number of nitrogens with zero attached hydrogens (tertiary/aromatic N) is 3.